The van der Waals surface area contributed by atoms with Crippen molar-refractivity contribution in [2.75, 3.05) is 31.1 Å². The number of halogens is 1. The van der Waals surface area contributed by atoms with E-state index in [4.69, 9.17) is 0 Å². The molecule has 0 bridgehead atoms. The van der Waals surface area contributed by atoms with E-state index in [1.165, 1.54) is 22.6 Å². The van der Waals surface area contributed by atoms with Crippen molar-refractivity contribution in [1.29, 1.82) is 0 Å². The van der Waals surface area contributed by atoms with Crippen molar-refractivity contribution in [2.45, 2.75) is 32.9 Å². The van der Waals surface area contributed by atoms with Crippen LogP contribution >= 0.6 is 0 Å². The fraction of sp³-hybridized carbons (Fsp3) is 0.435. The summed E-state index contributed by atoms with van der Waals surface area (Å²) < 4.78 is 15.2. The van der Waals surface area contributed by atoms with Gasteiger partial charge in [0.2, 0.25) is 5.82 Å². The topological polar surface area (TPSA) is 51.3 Å². The number of hydrogen-bond acceptors (Lipinski definition) is 4. The van der Waals surface area contributed by atoms with E-state index in [2.05, 4.69) is 58.5 Å². The van der Waals surface area contributed by atoms with Crippen molar-refractivity contribution < 1.29 is 9.29 Å². The van der Waals surface area contributed by atoms with Crippen LogP contribution in [0.1, 0.15) is 31.3 Å². The lowest BCUT2D eigenvalue weighted by Gasteiger charge is -2.38. The van der Waals surface area contributed by atoms with Crippen LogP contribution in [0, 0.1) is 11.7 Å². The maximum atomic E-state index is 13.2. The van der Waals surface area contributed by atoms with Crippen LogP contribution in [0.2, 0.25) is 0 Å². The molecule has 0 radical (unpaired) electrons. The SMILES string of the molecule is CC(C)[C@@H](c1nnnn1CCc1ccccc1)[NH+]1CCN(c2ccc(F)cc2)CC1. The minimum atomic E-state index is -0.190. The number of nitrogens with zero attached hydrogens (tertiary/aromatic N) is 5. The Morgan fingerprint density at radius 3 is 2.37 bits per heavy atom. The molecule has 3 aromatic rings. The Balaban J connectivity index is 1.43. The average molecular weight is 410 g/mol. The normalized spacial score (nSPS) is 16.2. The number of aromatic nitrogens is 4. The fourth-order valence-electron chi connectivity index (χ4n) is 4.44. The Hall–Kier alpha value is -2.80. The number of rotatable bonds is 7. The Labute approximate surface area is 177 Å². The first-order chi connectivity index (χ1) is 14.6. The number of quaternary nitrogens is 1. The minimum absolute atomic E-state index is 0.190. The van der Waals surface area contributed by atoms with Crippen molar-refractivity contribution in [2.24, 2.45) is 5.92 Å². The van der Waals surface area contributed by atoms with E-state index in [-0.39, 0.29) is 11.9 Å². The Bertz CT molecular complexity index is 916. The van der Waals surface area contributed by atoms with Crippen LogP contribution in [0.25, 0.3) is 0 Å². The average Bonchev–Trinajstić information content (AvgIpc) is 3.22. The number of nitrogens with one attached hydrogen (secondary N) is 1. The highest BCUT2D eigenvalue weighted by molar-refractivity contribution is 5.46. The van der Waals surface area contributed by atoms with Crippen molar-refractivity contribution in [3.05, 3.63) is 71.8 Å². The van der Waals surface area contributed by atoms with E-state index in [1.807, 2.05) is 22.9 Å². The van der Waals surface area contributed by atoms with Gasteiger partial charge in [-0.2, -0.15) is 0 Å². The molecule has 0 saturated carbocycles. The molecule has 1 aliphatic heterocycles. The molecular formula is C23H30FN6+. The summed E-state index contributed by atoms with van der Waals surface area (Å²) in [4.78, 5) is 3.85. The predicted octanol–water partition coefficient (Wildman–Crippen LogP) is 2.16. The molecule has 1 N–H and O–H groups in total. The first-order valence-corrected chi connectivity index (χ1v) is 10.8. The largest absolute Gasteiger partial charge is 0.360 e. The van der Waals surface area contributed by atoms with Crippen LogP contribution in [0.5, 0.6) is 0 Å². The molecule has 6 nitrogen and oxygen atoms in total. The van der Waals surface area contributed by atoms with Crippen molar-refractivity contribution in [3.8, 4) is 0 Å². The van der Waals surface area contributed by atoms with Gasteiger partial charge >= 0.3 is 0 Å². The first kappa shape index (κ1) is 20.5. The van der Waals surface area contributed by atoms with Gasteiger partial charge in [-0.05, 0) is 46.7 Å². The van der Waals surface area contributed by atoms with E-state index in [0.717, 1.165) is 50.7 Å². The summed E-state index contributed by atoms with van der Waals surface area (Å²) >= 11 is 0. The van der Waals surface area contributed by atoms with Crippen molar-refractivity contribution in [3.63, 3.8) is 0 Å². The van der Waals surface area contributed by atoms with Gasteiger partial charge in [-0.3, -0.25) is 0 Å². The van der Waals surface area contributed by atoms with Crippen LogP contribution in [0.15, 0.2) is 54.6 Å². The molecule has 2 aromatic carbocycles. The van der Waals surface area contributed by atoms with E-state index < -0.39 is 0 Å². The minimum Gasteiger partial charge on any atom is -0.360 e. The summed E-state index contributed by atoms with van der Waals surface area (Å²) in [5.74, 6) is 1.22. The van der Waals surface area contributed by atoms with Gasteiger partial charge in [0.25, 0.3) is 0 Å². The molecule has 0 amide bonds. The number of tetrazole rings is 1. The molecule has 4 rings (SSSR count). The third-order valence-electron chi connectivity index (χ3n) is 6.00. The van der Waals surface area contributed by atoms with Crippen molar-refractivity contribution >= 4 is 5.69 Å². The fourth-order valence-corrected chi connectivity index (χ4v) is 4.44. The van der Waals surface area contributed by atoms with E-state index in [0.29, 0.717) is 5.92 Å². The van der Waals surface area contributed by atoms with Crippen LogP contribution in [0.4, 0.5) is 10.1 Å². The second-order valence-corrected chi connectivity index (χ2v) is 8.34. The number of piperazine rings is 1. The quantitative estimate of drug-likeness (QED) is 0.650. The zero-order chi connectivity index (χ0) is 20.9. The lowest BCUT2D eigenvalue weighted by molar-refractivity contribution is -0.937. The Morgan fingerprint density at radius 1 is 1.00 bits per heavy atom. The highest BCUT2D eigenvalue weighted by atomic mass is 19.1. The zero-order valence-corrected chi connectivity index (χ0v) is 17.7. The lowest BCUT2D eigenvalue weighted by atomic mass is 10.0. The lowest BCUT2D eigenvalue weighted by Crippen LogP contribution is -3.15. The van der Waals surface area contributed by atoms with Crippen molar-refractivity contribution in [1.82, 2.24) is 20.2 Å². The van der Waals surface area contributed by atoms with Gasteiger partial charge in [-0.1, -0.05) is 44.2 Å². The number of aryl methyl sites for hydroxylation is 2. The Morgan fingerprint density at radius 2 is 1.70 bits per heavy atom. The molecule has 0 spiro atoms. The molecular weight excluding hydrogens is 379 g/mol. The maximum Gasteiger partial charge on any atom is 0.209 e. The van der Waals surface area contributed by atoms with Gasteiger partial charge in [0, 0.05) is 18.2 Å². The highest BCUT2D eigenvalue weighted by Gasteiger charge is 2.35. The van der Waals surface area contributed by atoms with Gasteiger partial charge in [0.05, 0.1) is 26.2 Å². The van der Waals surface area contributed by atoms with Gasteiger partial charge in [-0.15, -0.1) is 5.10 Å². The maximum absolute atomic E-state index is 13.2. The second-order valence-electron chi connectivity index (χ2n) is 8.34. The van der Waals surface area contributed by atoms with Crippen LogP contribution in [-0.2, 0) is 13.0 Å². The summed E-state index contributed by atoms with van der Waals surface area (Å²) in [5.41, 5.74) is 2.38. The molecule has 1 aliphatic rings. The smallest absolute Gasteiger partial charge is 0.209 e. The highest BCUT2D eigenvalue weighted by Crippen LogP contribution is 2.19. The predicted molar refractivity (Wildman–Crippen MR) is 115 cm³/mol. The summed E-state index contributed by atoms with van der Waals surface area (Å²) in [6.45, 7) is 9.17. The standard InChI is InChI=1S/C23H29FN6/c1-18(2)22(23-25-26-27-30(23)13-12-19-6-4-3-5-7-19)29-16-14-28(15-17-29)21-10-8-20(24)9-11-21/h3-11,18,22H,12-17H2,1-2H3/p+1/t22-/m0/s1. The summed E-state index contributed by atoms with van der Waals surface area (Å²) in [6, 6.07) is 17.5. The second kappa shape index (κ2) is 9.34. The molecule has 0 aliphatic carbocycles. The van der Waals surface area contributed by atoms with E-state index >= 15 is 0 Å². The monoisotopic (exact) mass is 409 g/mol. The number of anilines is 1. The summed E-state index contributed by atoms with van der Waals surface area (Å²) in [5, 5.41) is 12.7. The summed E-state index contributed by atoms with van der Waals surface area (Å²) in [6.07, 6.45) is 0.914. The molecule has 1 saturated heterocycles. The van der Waals surface area contributed by atoms with Crippen LogP contribution in [-0.4, -0.2) is 46.4 Å². The molecule has 1 atom stereocenters. The molecule has 2 heterocycles. The molecule has 0 unspecified atom stereocenters. The van der Waals surface area contributed by atoms with Crippen LogP contribution < -0.4 is 9.80 Å². The van der Waals surface area contributed by atoms with E-state index in [1.54, 1.807) is 0 Å². The van der Waals surface area contributed by atoms with E-state index in [9.17, 15) is 4.39 Å². The first-order valence-electron chi connectivity index (χ1n) is 10.8. The number of benzene rings is 2. The number of hydrogen-bond donors (Lipinski definition) is 1. The zero-order valence-electron chi connectivity index (χ0n) is 17.7. The third-order valence-corrected chi connectivity index (χ3v) is 6.00. The molecule has 1 fully saturated rings. The van der Waals surface area contributed by atoms with Crippen LogP contribution in [0.3, 0.4) is 0 Å². The van der Waals surface area contributed by atoms with Gasteiger partial charge in [0.1, 0.15) is 5.82 Å². The van der Waals surface area contributed by atoms with Gasteiger partial charge in [0.15, 0.2) is 6.04 Å². The van der Waals surface area contributed by atoms with Gasteiger partial charge < -0.3 is 9.80 Å². The molecule has 1 aromatic heterocycles. The summed E-state index contributed by atoms with van der Waals surface area (Å²) in [7, 11) is 0. The Kier molecular flexibility index (Phi) is 6.38. The molecule has 158 valence electrons. The van der Waals surface area contributed by atoms with Gasteiger partial charge in [-0.25, -0.2) is 9.07 Å². The molecule has 7 heteroatoms. The molecule has 30 heavy (non-hydrogen) atoms. The third kappa shape index (κ3) is 4.67.